The second-order valence-corrected chi connectivity index (χ2v) is 6.85. The molecule has 1 N–H and O–H groups in total. The number of hydrogen-bond acceptors (Lipinski definition) is 2. The second-order valence-electron chi connectivity index (χ2n) is 6.85. The van der Waals surface area contributed by atoms with E-state index in [1.165, 1.54) is 10.9 Å². The van der Waals surface area contributed by atoms with E-state index in [0.29, 0.717) is 18.3 Å². The lowest BCUT2D eigenvalue weighted by molar-refractivity contribution is 0.0943. The zero-order valence-electron chi connectivity index (χ0n) is 15.2. The molecule has 4 rings (SSSR count). The molecule has 5 nitrogen and oxygen atoms in total. The summed E-state index contributed by atoms with van der Waals surface area (Å²) in [6.45, 7) is 4.80. The third kappa shape index (κ3) is 2.56. The number of fused-ring (bicyclic) bond motifs is 3. The second kappa shape index (κ2) is 6.33. The Balaban J connectivity index is 1.76. The largest absolute Gasteiger partial charge is 0.347 e. The van der Waals surface area contributed by atoms with Crippen molar-refractivity contribution in [1.82, 2.24) is 19.4 Å². The molecule has 3 aromatic heterocycles. The highest BCUT2D eigenvalue weighted by molar-refractivity contribution is 6.10. The van der Waals surface area contributed by atoms with E-state index < -0.39 is 0 Å². The fourth-order valence-corrected chi connectivity index (χ4v) is 3.65. The lowest BCUT2D eigenvalue weighted by Crippen LogP contribution is -2.24. The molecule has 1 aromatic carbocycles. The molecule has 0 atom stereocenters. The molecule has 132 valence electrons. The summed E-state index contributed by atoms with van der Waals surface area (Å²) in [6.07, 6.45) is 3.49. The number of rotatable bonds is 4. The van der Waals surface area contributed by atoms with E-state index in [-0.39, 0.29) is 5.91 Å². The number of aromatic nitrogens is 3. The monoisotopic (exact) mass is 346 g/mol. The Labute approximate surface area is 152 Å². The Kier molecular flexibility index (Phi) is 3.99. The molecule has 0 bridgehead atoms. The van der Waals surface area contributed by atoms with Gasteiger partial charge in [0.15, 0.2) is 0 Å². The molecule has 0 spiro atoms. The van der Waals surface area contributed by atoms with E-state index in [1.54, 1.807) is 12.4 Å². The summed E-state index contributed by atoms with van der Waals surface area (Å²) in [5.74, 6) is -0.0769. The fraction of sp³-hybridized carbons (Fsp3) is 0.238. The predicted octanol–water partition coefficient (Wildman–Crippen LogP) is 4.04. The molecule has 0 radical (unpaired) electrons. The number of carbonyl (C=O) groups excluding carboxylic acids is 1. The molecule has 26 heavy (non-hydrogen) atoms. The maximum atomic E-state index is 12.8. The van der Waals surface area contributed by atoms with Gasteiger partial charge in [-0.15, -0.1) is 0 Å². The summed E-state index contributed by atoms with van der Waals surface area (Å²) >= 11 is 0. The number of hydrogen-bond donors (Lipinski definition) is 1. The highest BCUT2D eigenvalue weighted by atomic mass is 16.1. The smallest absolute Gasteiger partial charge is 0.268 e. The van der Waals surface area contributed by atoms with Crippen LogP contribution in [0.3, 0.4) is 0 Å². The van der Waals surface area contributed by atoms with Gasteiger partial charge in [0.25, 0.3) is 5.91 Å². The highest BCUT2D eigenvalue weighted by Gasteiger charge is 2.20. The molecule has 0 fully saturated rings. The predicted molar refractivity (Wildman–Crippen MR) is 104 cm³/mol. The van der Waals surface area contributed by atoms with Crippen LogP contribution in [0.15, 0.2) is 54.9 Å². The number of amides is 1. The van der Waals surface area contributed by atoms with Crippen LogP contribution in [0.2, 0.25) is 0 Å². The van der Waals surface area contributed by atoms with E-state index in [0.717, 1.165) is 16.6 Å². The third-order valence-electron chi connectivity index (χ3n) is 4.82. The van der Waals surface area contributed by atoms with Crippen LogP contribution in [0.5, 0.6) is 0 Å². The Morgan fingerprint density at radius 1 is 1.15 bits per heavy atom. The summed E-state index contributed by atoms with van der Waals surface area (Å²) in [6, 6.07) is 14.5. The Bertz CT molecular complexity index is 1090. The molecular weight excluding hydrogens is 324 g/mol. The van der Waals surface area contributed by atoms with Gasteiger partial charge in [-0.25, -0.2) is 0 Å². The van der Waals surface area contributed by atoms with Gasteiger partial charge >= 0.3 is 0 Å². The maximum absolute atomic E-state index is 12.8. The van der Waals surface area contributed by atoms with Crippen molar-refractivity contribution in [1.29, 1.82) is 0 Å². The Hall–Kier alpha value is -3.08. The Morgan fingerprint density at radius 3 is 2.69 bits per heavy atom. The number of benzene rings is 1. The van der Waals surface area contributed by atoms with Crippen molar-refractivity contribution in [2.75, 3.05) is 0 Å². The van der Waals surface area contributed by atoms with Gasteiger partial charge in [0.1, 0.15) is 5.69 Å². The lowest BCUT2D eigenvalue weighted by Gasteiger charge is -2.10. The average molecular weight is 346 g/mol. The van der Waals surface area contributed by atoms with Crippen molar-refractivity contribution < 1.29 is 4.79 Å². The molecule has 0 aliphatic heterocycles. The van der Waals surface area contributed by atoms with Gasteiger partial charge < -0.3 is 14.5 Å². The van der Waals surface area contributed by atoms with Crippen molar-refractivity contribution in [3.8, 4) is 0 Å². The molecule has 0 saturated heterocycles. The SMILES string of the molecule is CC(C)n1c2ccccc2c2c1cc(C(=O)NCc1cccnc1)n2C. The zero-order valence-corrected chi connectivity index (χ0v) is 15.2. The topological polar surface area (TPSA) is 51.9 Å². The standard InChI is InChI=1S/C21H22N4O/c1-14(2)25-17-9-5-4-8-16(17)20-18(25)11-19(24(20)3)21(26)23-13-15-7-6-10-22-12-15/h4-12,14H,13H2,1-3H3,(H,23,26). The van der Waals surface area contributed by atoms with Crippen molar-refractivity contribution >= 4 is 27.8 Å². The number of carbonyl (C=O) groups is 1. The number of nitrogens with one attached hydrogen (secondary N) is 1. The molecule has 3 heterocycles. The number of pyridine rings is 1. The minimum absolute atomic E-state index is 0.0769. The van der Waals surface area contributed by atoms with Crippen LogP contribution in [-0.4, -0.2) is 20.0 Å². The number of nitrogens with zero attached hydrogens (tertiary/aromatic N) is 3. The van der Waals surface area contributed by atoms with E-state index in [4.69, 9.17) is 0 Å². The van der Waals surface area contributed by atoms with Gasteiger partial charge in [-0.1, -0.05) is 24.3 Å². The van der Waals surface area contributed by atoms with Gasteiger partial charge in [-0.3, -0.25) is 9.78 Å². The zero-order chi connectivity index (χ0) is 18.3. The van der Waals surface area contributed by atoms with Crippen molar-refractivity contribution in [2.24, 2.45) is 7.05 Å². The van der Waals surface area contributed by atoms with Gasteiger partial charge in [-0.2, -0.15) is 0 Å². The summed E-state index contributed by atoms with van der Waals surface area (Å²) in [5.41, 5.74) is 5.04. The molecule has 0 unspecified atom stereocenters. The van der Waals surface area contributed by atoms with Crippen LogP contribution in [0.25, 0.3) is 21.9 Å². The molecule has 0 aliphatic carbocycles. The molecule has 4 aromatic rings. The number of aryl methyl sites for hydroxylation is 1. The summed E-state index contributed by atoms with van der Waals surface area (Å²) < 4.78 is 4.29. The first-order valence-corrected chi connectivity index (χ1v) is 8.83. The Morgan fingerprint density at radius 2 is 1.96 bits per heavy atom. The van der Waals surface area contributed by atoms with E-state index >= 15 is 0 Å². The van der Waals surface area contributed by atoms with Crippen LogP contribution >= 0.6 is 0 Å². The van der Waals surface area contributed by atoms with Crippen LogP contribution in [0.1, 0.15) is 35.9 Å². The molecule has 5 heteroatoms. The molecular formula is C21H22N4O. The first kappa shape index (κ1) is 16.4. The lowest BCUT2D eigenvalue weighted by atomic mass is 10.2. The average Bonchev–Trinajstić information content (AvgIpc) is 3.15. The van der Waals surface area contributed by atoms with Crippen LogP contribution < -0.4 is 5.32 Å². The maximum Gasteiger partial charge on any atom is 0.268 e. The van der Waals surface area contributed by atoms with E-state index in [2.05, 4.69) is 46.9 Å². The van der Waals surface area contributed by atoms with Crippen molar-refractivity contribution in [3.63, 3.8) is 0 Å². The minimum atomic E-state index is -0.0769. The van der Waals surface area contributed by atoms with Crippen LogP contribution in [-0.2, 0) is 13.6 Å². The van der Waals surface area contributed by atoms with Gasteiger partial charge in [-0.05, 0) is 37.6 Å². The number of para-hydroxylation sites is 1. The summed E-state index contributed by atoms with van der Waals surface area (Å²) in [7, 11) is 1.96. The first-order chi connectivity index (χ1) is 12.6. The van der Waals surface area contributed by atoms with Gasteiger partial charge in [0.2, 0.25) is 0 Å². The van der Waals surface area contributed by atoms with Crippen molar-refractivity contribution in [3.05, 3.63) is 66.1 Å². The van der Waals surface area contributed by atoms with Gasteiger partial charge in [0, 0.05) is 37.4 Å². The first-order valence-electron chi connectivity index (χ1n) is 8.83. The minimum Gasteiger partial charge on any atom is -0.347 e. The van der Waals surface area contributed by atoms with E-state index in [1.807, 2.05) is 35.9 Å². The van der Waals surface area contributed by atoms with E-state index in [9.17, 15) is 4.79 Å². The molecule has 1 amide bonds. The van der Waals surface area contributed by atoms with Crippen LogP contribution in [0.4, 0.5) is 0 Å². The quantitative estimate of drug-likeness (QED) is 0.606. The van der Waals surface area contributed by atoms with Crippen LogP contribution in [0, 0.1) is 0 Å². The van der Waals surface area contributed by atoms with Crippen molar-refractivity contribution in [2.45, 2.75) is 26.4 Å². The fourth-order valence-electron chi connectivity index (χ4n) is 3.65. The summed E-state index contributed by atoms with van der Waals surface area (Å²) in [5, 5.41) is 4.17. The normalized spacial score (nSPS) is 11.5. The third-order valence-corrected chi connectivity index (χ3v) is 4.82. The van der Waals surface area contributed by atoms with Gasteiger partial charge in [0.05, 0.1) is 16.6 Å². The summed E-state index contributed by atoms with van der Waals surface area (Å²) in [4.78, 5) is 16.8. The highest BCUT2D eigenvalue weighted by Crippen LogP contribution is 2.33. The molecule has 0 saturated carbocycles. The molecule has 0 aliphatic rings.